The van der Waals surface area contributed by atoms with Crippen LogP contribution in [0.25, 0.3) is 0 Å². The fourth-order valence-corrected chi connectivity index (χ4v) is 2.38. The molecule has 0 aromatic heterocycles. The van der Waals surface area contributed by atoms with Crippen LogP contribution < -0.4 is 10.6 Å². The number of anilines is 1. The third kappa shape index (κ3) is 4.34. The van der Waals surface area contributed by atoms with Crippen LogP contribution in [0.4, 0.5) is 5.69 Å². The zero-order valence-electron chi connectivity index (χ0n) is 12.8. The second-order valence-corrected chi connectivity index (χ2v) is 5.17. The number of para-hydroxylation sites is 1. The van der Waals surface area contributed by atoms with Crippen molar-refractivity contribution in [2.24, 2.45) is 0 Å². The fourth-order valence-electron chi connectivity index (χ4n) is 2.38. The number of nitrogens with zero attached hydrogens (tertiary/aromatic N) is 1. The highest BCUT2D eigenvalue weighted by Crippen LogP contribution is 2.16. The lowest BCUT2D eigenvalue weighted by atomic mass is 10.1. The summed E-state index contributed by atoms with van der Waals surface area (Å²) in [5.41, 5.74) is 2.10. The van der Waals surface area contributed by atoms with Gasteiger partial charge in [0.1, 0.15) is 11.6 Å². The third-order valence-corrected chi connectivity index (χ3v) is 3.65. The van der Waals surface area contributed by atoms with Gasteiger partial charge < -0.3 is 15.4 Å². The molecule has 116 valence electrons. The van der Waals surface area contributed by atoms with Crippen LogP contribution in [0.2, 0.25) is 0 Å². The van der Waals surface area contributed by atoms with E-state index in [0.29, 0.717) is 6.54 Å². The van der Waals surface area contributed by atoms with Gasteiger partial charge in [0.15, 0.2) is 0 Å². The zero-order valence-corrected chi connectivity index (χ0v) is 12.8. The summed E-state index contributed by atoms with van der Waals surface area (Å²) in [5, 5.41) is 14.9. The van der Waals surface area contributed by atoms with E-state index in [0.717, 1.165) is 37.1 Å². The highest BCUT2D eigenvalue weighted by molar-refractivity contribution is 5.97. The first-order valence-electron chi connectivity index (χ1n) is 7.59. The van der Waals surface area contributed by atoms with Crippen molar-refractivity contribution in [3.05, 3.63) is 41.6 Å². The van der Waals surface area contributed by atoms with Crippen molar-refractivity contribution < 1.29 is 9.53 Å². The van der Waals surface area contributed by atoms with Gasteiger partial charge in [0, 0.05) is 25.0 Å². The number of amides is 1. The van der Waals surface area contributed by atoms with Gasteiger partial charge in [-0.25, -0.2) is 0 Å². The molecule has 1 atom stereocenters. The van der Waals surface area contributed by atoms with Gasteiger partial charge in [-0.2, -0.15) is 5.26 Å². The topological polar surface area (TPSA) is 74.2 Å². The molecule has 0 saturated carbocycles. The molecule has 0 radical (unpaired) electrons. The van der Waals surface area contributed by atoms with Gasteiger partial charge in [0.05, 0.1) is 6.10 Å². The molecule has 2 rings (SSSR count). The van der Waals surface area contributed by atoms with Crippen LogP contribution in [0.15, 0.2) is 36.0 Å². The number of benzene rings is 1. The van der Waals surface area contributed by atoms with E-state index >= 15 is 0 Å². The number of carbonyl (C=O) groups excluding carboxylic acids is 1. The summed E-state index contributed by atoms with van der Waals surface area (Å²) in [6.07, 6.45) is 4.38. The molecule has 2 N–H and O–H groups in total. The quantitative estimate of drug-likeness (QED) is 0.624. The van der Waals surface area contributed by atoms with Crippen LogP contribution in [0.1, 0.15) is 25.3 Å². The molecule has 0 spiro atoms. The summed E-state index contributed by atoms with van der Waals surface area (Å²) in [6, 6.07) is 9.75. The number of nitriles is 1. The average molecular weight is 299 g/mol. The van der Waals surface area contributed by atoms with Crippen molar-refractivity contribution in [1.29, 1.82) is 5.26 Å². The maximum Gasteiger partial charge on any atom is 0.263 e. The Labute approximate surface area is 131 Å². The SMILES string of the molecule is CCc1ccccc1N/C=C(/C#N)C(=O)NCC1CCCO1. The summed E-state index contributed by atoms with van der Waals surface area (Å²) in [7, 11) is 0. The molecular formula is C17H21N3O2. The fraction of sp³-hybridized carbons (Fsp3) is 0.412. The molecule has 1 unspecified atom stereocenters. The first-order valence-corrected chi connectivity index (χ1v) is 7.59. The number of carbonyl (C=O) groups is 1. The lowest BCUT2D eigenvalue weighted by molar-refractivity contribution is -0.117. The van der Waals surface area contributed by atoms with Gasteiger partial charge in [-0.05, 0) is 30.9 Å². The van der Waals surface area contributed by atoms with Crippen LogP contribution in [-0.4, -0.2) is 25.2 Å². The van der Waals surface area contributed by atoms with Crippen molar-refractivity contribution >= 4 is 11.6 Å². The van der Waals surface area contributed by atoms with E-state index in [4.69, 9.17) is 10.00 Å². The minimum Gasteiger partial charge on any atom is -0.376 e. The first-order chi connectivity index (χ1) is 10.7. The second-order valence-electron chi connectivity index (χ2n) is 5.17. The number of ether oxygens (including phenoxy) is 1. The molecule has 1 heterocycles. The number of rotatable bonds is 6. The Bertz CT molecular complexity index is 584. The molecule has 0 aliphatic carbocycles. The lowest BCUT2D eigenvalue weighted by Crippen LogP contribution is -2.32. The monoisotopic (exact) mass is 299 g/mol. The van der Waals surface area contributed by atoms with Crippen molar-refractivity contribution in [1.82, 2.24) is 5.32 Å². The maximum absolute atomic E-state index is 12.0. The third-order valence-electron chi connectivity index (χ3n) is 3.65. The van der Waals surface area contributed by atoms with E-state index < -0.39 is 0 Å². The van der Waals surface area contributed by atoms with E-state index in [1.165, 1.54) is 6.20 Å². The van der Waals surface area contributed by atoms with Crippen molar-refractivity contribution in [3.8, 4) is 6.07 Å². The number of aryl methyl sites for hydroxylation is 1. The standard InChI is InChI=1S/C17H21N3O2/c1-2-13-6-3-4-8-16(13)19-11-14(10-18)17(21)20-12-15-7-5-9-22-15/h3-4,6,8,11,15,19H,2,5,7,9,12H2,1H3,(H,20,21)/b14-11-. The van der Waals surface area contributed by atoms with E-state index in [1.54, 1.807) is 0 Å². The zero-order chi connectivity index (χ0) is 15.8. The second kappa shape index (κ2) is 8.20. The van der Waals surface area contributed by atoms with Crippen molar-refractivity contribution in [3.63, 3.8) is 0 Å². The van der Waals surface area contributed by atoms with Crippen LogP contribution in [0, 0.1) is 11.3 Å². The Hall–Kier alpha value is -2.32. The molecule has 1 saturated heterocycles. The molecule has 1 amide bonds. The van der Waals surface area contributed by atoms with Gasteiger partial charge in [-0.3, -0.25) is 4.79 Å². The van der Waals surface area contributed by atoms with E-state index in [-0.39, 0.29) is 17.6 Å². The van der Waals surface area contributed by atoms with Gasteiger partial charge in [-0.15, -0.1) is 0 Å². The molecule has 5 nitrogen and oxygen atoms in total. The molecule has 1 fully saturated rings. The number of hydrogen-bond donors (Lipinski definition) is 2. The highest BCUT2D eigenvalue weighted by Gasteiger charge is 2.17. The maximum atomic E-state index is 12.0. The molecule has 22 heavy (non-hydrogen) atoms. The molecule has 1 aromatic carbocycles. The predicted molar refractivity (Wildman–Crippen MR) is 85.1 cm³/mol. The van der Waals surface area contributed by atoms with Crippen molar-refractivity contribution in [2.45, 2.75) is 32.3 Å². The van der Waals surface area contributed by atoms with Gasteiger partial charge in [-0.1, -0.05) is 25.1 Å². The Morgan fingerprint density at radius 2 is 2.32 bits per heavy atom. The number of hydrogen-bond acceptors (Lipinski definition) is 4. The normalized spacial score (nSPS) is 17.8. The largest absolute Gasteiger partial charge is 0.376 e. The van der Waals surface area contributed by atoms with E-state index in [1.807, 2.05) is 30.3 Å². The number of nitrogens with one attached hydrogen (secondary N) is 2. The van der Waals surface area contributed by atoms with Gasteiger partial charge >= 0.3 is 0 Å². The van der Waals surface area contributed by atoms with Gasteiger partial charge in [0.2, 0.25) is 0 Å². The van der Waals surface area contributed by atoms with Crippen LogP contribution in [0.3, 0.4) is 0 Å². The summed E-state index contributed by atoms with van der Waals surface area (Å²) < 4.78 is 5.44. The van der Waals surface area contributed by atoms with Crippen LogP contribution in [-0.2, 0) is 16.0 Å². The first kappa shape index (κ1) is 16.1. The minimum atomic E-state index is -0.375. The smallest absolute Gasteiger partial charge is 0.263 e. The molecule has 5 heteroatoms. The Balaban J connectivity index is 1.94. The molecule has 0 bridgehead atoms. The van der Waals surface area contributed by atoms with Crippen LogP contribution >= 0.6 is 0 Å². The van der Waals surface area contributed by atoms with Crippen LogP contribution in [0.5, 0.6) is 0 Å². The predicted octanol–water partition coefficient (Wildman–Crippen LogP) is 2.36. The molecule has 1 aliphatic rings. The summed E-state index contributed by atoms with van der Waals surface area (Å²) in [5.74, 6) is -0.375. The average Bonchev–Trinajstić information content (AvgIpc) is 3.07. The van der Waals surface area contributed by atoms with E-state index in [9.17, 15) is 4.79 Å². The summed E-state index contributed by atoms with van der Waals surface area (Å²) >= 11 is 0. The molecule has 1 aliphatic heterocycles. The summed E-state index contributed by atoms with van der Waals surface area (Å²) in [6.45, 7) is 3.25. The van der Waals surface area contributed by atoms with Gasteiger partial charge in [0.25, 0.3) is 5.91 Å². The lowest BCUT2D eigenvalue weighted by Gasteiger charge is -2.11. The van der Waals surface area contributed by atoms with E-state index in [2.05, 4.69) is 17.6 Å². The summed E-state index contributed by atoms with van der Waals surface area (Å²) in [4.78, 5) is 12.0. The minimum absolute atomic E-state index is 0.0592. The molecular weight excluding hydrogens is 278 g/mol. The molecule has 1 aromatic rings. The Morgan fingerprint density at radius 1 is 1.50 bits per heavy atom. The highest BCUT2D eigenvalue weighted by atomic mass is 16.5. The Kier molecular flexibility index (Phi) is 5.99. The van der Waals surface area contributed by atoms with Crippen molar-refractivity contribution in [2.75, 3.05) is 18.5 Å². The Morgan fingerprint density at radius 3 is 3.00 bits per heavy atom.